The van der Waals surface area contributed by atoms with Crippen LogP contribution in [-0.2, 0) is 4.43 Å². The minimum Gasteiger partial charge on any atom is -0.468 e. The molecule has 0 aliphatic heterocycles. The van der Waals surface area contributed by atoms with Crippen LogP contribution in [0.2, 0.25) is 18.1 Å². The lowest BCUT2D eigenvalue weighted by Gasteiger charge is -2.37. The Bertz CT molecular complexity index is 743. The van der Waals surface area contributed by atoms with Gasteiger partial charge in [0.2, 0.25) is 0 Å². The number of nitrogens with two attached hydrogens (primary N) is 1. The van der Waals surface area contributed by atoms with E-state index >= 15 is 0 Å². The smallest absolute Gasteiger partial charge is 0.272 e. The maximum atomic E-state index is 12.5. The number of ether oxygens (including phenoxy) is 1. The summed E-state index contributed by atoms with van der Waals surface area (Å²) in [5.41, 5.74) is 6.70. The zero-order valence-corrected chi connectivity index (χ0v) is 17.7. The molecule has 3 N–H and O–H groups in total. The van der Waals surface area contributed by atoms with Gasteiger partial charge in [0.05, 0.1) is 6.61 Å². The van der Waals surface area contributed by atoms with Crippen molar-refractivity contribution in [2.75, 3.05) is 12.3 Å². The lowest BCUT2D eigenvalue weighted by molar-refractivity contribution is 0.0674. The number of benzene rings is 1. The van der Waals surface area contributed by atoms with Crippen LogP contribution in [0.5, 0.6) is 5.75 Å². The Kier molecular flexibility index (Phi) is 6.62. The predicted molar refractivity (Wildman–Crippen MR) is 110 cm³/mol. The number of nitrogens with zero attached hydrogens (tertiary/aromatic N) is 1. The van der Waals surface area contributed by atoms with Gasteiger partial charge >= 0.3 is 0 Å². The van der Waals surface area contributed by atoms with E-state index in [4.69, 9.17) is 14.9 Å². The topological polar surface area (TPSA) is 86.5 Å². The van der Waals surface area contributed by atoms with Crippen LogP contribution in [0.25, 0.3) is 0 Å². The molecule has 1 heterocycles. The van der Waals surface area contributed by atoms with E-state index in [1.807, 2.05) is 0 Å². The molecule has 27 heavy (non-hydrogen) atoms. The van der Waals surface area contributed by atoms with Crippen molar-refractivity contribution in [2.45, 2.75) is 45.1 Å². The second kappa shape index (κ2) is 8.54. The van der Waals surface area contributed by atoms with E-state index in [9.17, 15) is 4.79 Å². The molecule has 0 saturated carbocycles. The Hall–Kier alpha value is -2.38. The number of hydrogen-bond acceptors (Lipinski definition) is 5. The second-order valence-electron chi connectivity index (χ2n) is 7.94. The van der Waals surface area contributed by atoms with Gasteiger partial charge in [-0.2, -0.15) is 0 Å². The van der Waals surface area contributed by atoms with Gasteiger partial charge in [-0.05, 0) is 54.5 Å². The third-order valence-corrected chi connectivity index (χ3v) is 9.25. The summed E-state index contributed by atoms with van der Waals surface area (Å²) in [4.78, 5) is 16.6. The SMILES string of the molecule is CC(C)(C)[Si](C)(C)OCC(NC(=O)c1ccccn1)Oc1ccc(N)cc1. The fourth-order valence-electron chi connectivity index (χ4n) is 2.03. The number of hydrogen-bond donors (Lipinski definition) is 2. The molecule has 0 bridgehead atoms. The van der Waals surface area contributed by atoms with Gasteiger partial charge in [-0.1, -0.05) is 26.8 Å². The molecular weight excluding hydrogens is 358 g/mol. The first-order valence-corrected chi connectivity index (χ1v) is 11.9. The van der Waals surface area contributed by atoms with Crippen LogP contribution in [0.4, 0.5) is 5.69 Å². The van der Waals surface area contributed by atoms with E-state index in [0.717, 1.165) is 0 Å². The molecule has 0 fully saturated rings. The Morgan fingerprint density at radius 2 is 1.85 bits per heavy atom. The molecule has 2 aromatic rings. The van der Waals surface area contributed by atoms with E-state index in [-0.39, 0.29) is 17.6 Å². The van der Waals surface area contributed by atoms with Crippen molar-refractivity contribution < 1.29 is 14.0 Å². The predicted octanol–water partition coefficient (Wildman–Crippen LogP) is 3.82. The van der Waals surface area contributed by atoms with Gasteiger partial charge in [-0.3, -0.25) is 9.78 Å². The zero-order valence-electron chi connectivity index (χ0n) is 16.7. The van der Waals surface area contributed by atoms with Gasteiger partial charge in [0.25, 0.3) is 5.91 Å². The summed E-state index contributed by atoms with van der Waals surface area (Å²) in [5.74, 6) is 0.296. The molecule has 0 saturated heterocycles. The molecule has 1 amide bonds. The highest BCUT2D eigenvalue weighted by molar-refractivity contribution is 6.74. The molecule has 1 unspecified atom stereocenters. The summed E-state index contributed by atoms with van der Waals surface area (Å²) >= 11 is 0. The van der Waals surface area contributed by atoms with Gasteiger partial charge in [0.15, 0.2) is 14.5 Å². The van der Waals surface area contributed by atoms with Crippen molar-refractivity contribution >= 4 is 19.9 Å². The first kappa shape index (κ1) is 20.9. The molecule has 0 aliphatic carbocycles. The summed E-state index contributed by atoms with van der Waals surface area (Å²) in [6, 6.07) is 12.2. The number of aromatic nitrogens is 1. The molecule has 0 aliphatic rings. The minimum atomic E-state index is -1.99. The van der Waals surface area contributed by atoms with Gasteiger partial charge in [0.1, 0.15) is 11.4 Å². The highest BCUT2D eigenvalue weighted by atomic mass is 28.4. The number of carbonyl (C=O) groups excluding carboxylic acids is 1. The molecule has 0 spiro atoms. The van der Waals surface area contributed by atoms with Gasteiger partial charge in [-0.15, -0.1) is 0 Å². The van der Waals surface area contributed by atoms with Crippen molar-refractivity contribution in [3.63, 3.8) is 0 Å². The first-order chi connectivity index (χ1) is 12.6. The number of anilines is 1. The number of pyridine rings is 1. The Morgan fingerprint density at radius 1 is 1.19 bits per heavy atom. The standard InChI is InChI=1S/C20H29N3O3Si/c1-20(2,3)27(4,5)25-14-18(26-16-11-9-15(21)10-12-16)23-19(24)17-8-6-7-13-22-17/h6-13,18H,14,21H2,1-5H3,(H,23,24). The maximum Gasteiger partial charge on any atom is 0.272 e. The monoisotopic (exact) mass is 387 g/mol. The fraction of sp³-hybridized carbons (Fsp3) is 0.400. The van der Waals surface area contributed by atoms with E-state index in [2.05, 4.69) is 44.2 Å². The van der Waals surface area contributed by atoms with E-state index in [1.165, 1.54) is 0 Å². The van der Waals surface area contributed by atoms with Crippen LogP contribution < -0.4 is 15.8 Å². The highest BCUT2D eigenvalue weighted by Crippen LogP contribution is 2.36. The van der Waals surface area contributed by atoms with E-state index < -0.39 is 14.5 Å². The largest absolute Gasteiger partial charge is 0.468 e. The lowest BCUT2D eigenvalue weighted by Crippen LogP contribution is -2.48. The second-order valence-corrected chi connectivity index (χ2v) is 12.7. The van der Waals surface area contributed by atoms with Crippen LogP contribution in [-0.4, -0.2) is 32.0 Å². The third-order valence-electron chi connectivity index (χ3n) is 4.75. The summed E-state index contributed by atoms with van der Waals surface area (Å²) in [7, 11) is -1.99. The lowest BCUT2D eigenvalue weighted by atomic mass is 10.2. The van der Waals surface area contributed by atoms with Crippen LogP contribution in [0.1, 0.15) is 31.3 Å². The number of amides is 1. The van der Waals surface area contributed by atoms with Crippen LogP contribution >= 0.6 is 0 Å². The molecule has 1 atom stereocenters. The Balaban J connectivity index is 2.12. The van der Waals surface area contributed by atoms with Gasteiger partial charge < -0.3 is 20.2 Å². The van der Waals surface area contributed by atoms with Crippen LogP contribution in [0.15, 0.2) is 48.7 Å². The van der Waals surface area contributed by atoms with Gasteiger partial charge in [-0.25, -0.2) is 0 Å². The highest BCUT2D eigenvalue weighted by Gasteiger charge is 2.38. The molecule has 6 nitrogen and oxygen atoms in total. The summed E-state index contributed by atoms with van der Waals surface area (Å²) < 4.78 is 12.2. The number of rotatable bonds is 7. The normalized spacial score (nSPS) is 13.1. The summed E-state index contributed by atoms with van der Waals surface area (Å²) in [5, 5.41) is 2.92. The third kappa shape index (κ3) is 6.08. The maximum absolute atomic E-state index is 12.5. The Labute approximate surface area is 162 Å². The Morgan fingerprint density at radius 3 is 2.41 bits per heavy atom. The molecule has 7 heteroatoms. The van der Waals surface area contributed by atoms with E-state index in [1.54, 1.807) is 48.7 Å². The molecule has 1 aromatic heterocycles. The van der Waals surface area contributed by atoms with Crippen molar-refractivity contribution in [2.24, 2.45) is 0 Å². The van der Waals surface area contributed by atoms with Crippen LogP contribution in [0.3, 0.4) is 0 Å². The molecule has 1 aromatic carbocycles. The molecular formula is C20H29N3O3Si. The minimum absolute atomic E-state index is 0.0593. The van der Waals surface area contributed by atoms with E-state index in [0.29, 0.717) is 17.1 Å². The van der Waals surface area contributed by atoms with Crippen molar-refractivity contribution in [1.29, 1.82) is 0 Å². The summed E-state index contributed by atoms with van der Waals surface area (Å²) in [6.07, 6.45) is 0.939. The van der Waals surface area contributed by atoms with Crippen molar-refractivity contribution in [3.05, 3.63) is 54.4 Å². The zero-order chi connectivity index (χ0) is 20.1. The number of carbonyl (C=O) groups is 1. The van der Waals surface area contributed by atoms with Crippen molar-refractivity contribution in [3.8, 4) is 5.75 Å². The molecule has 2 rings (SSSR count). The first-order valence-electron chi connectivity index (χ1n) is 8.96. The van der Waals surface area contributed by atoms with Crippen molar-refractivity contribution in [1.82, 2.24) is 10.3 Å². The quantitative estimate of drug-likeness (QED) is 0.428. The fourth-order valence-corrected chi connectivity index (χ4v) is 3.03. The number of nitrogens with one attached hydrogen (secondary N) is 1. The average Bonchev–Trinajstić information content (AvgIpc) is 2.61. The van der Waals surface area contributed by atoms with Gasteiger partial charge in [0, 0.05) is 11.9 Å². The summed E-state index contributed by atoms with van der Waals surface area (Å²) in [6.45, 7) is 11.1. The average molecular weight is 388 g/mol. The van der Waals surface area contributed by atoms with Crippen LogP contribution in [0, 0.1) is 0 Å². The molecule has 0 radical (unpaired) electrons. The number of nitrogen functional groups attached to an aromatic ring is 1. The molecule has 146 valence electrons.